The van der Waals surface area contributed by atoms with E-state index in [0.29, 0.717) is 35.5 Å². The van der Waals surface area contributed by atoms with Crippen LogP contribution in [0.2, 0.25) is 0 Å². The Hall–Kier alpha value is 0.827. The molecular formula is C24H54IN3Si. The normalized spacial score (nSPS) is 13.9. The van der Waals surface area contributed by atoms with E-state index in [2.05, 4.69) is 119 Å². The maximum absolute atomic E-state index is 2.98. The van der Waals surface area contributed by atoms with E-state index in [9.17, 15) is 0 Å². The first-order valence-electron chi connectivity index (χ1n) is 12.1. The van der Waals surface area contributed by atoms with Crippen LogP contribution in [-0.4, -0.2) is 59.0 Å². The van der Waals surface area contributed by atoms with Crippen LogP contribution in [0.25, 0.3) is 0 Å². The van der Waals surface area contributed by atoms with E-state index in [1.807, 2.05) is 0 Å². The molecule has 0 atom stereocenters. The first-order valence-corrected chi connectivity index (χ1v) is 17.1. The Morgan fingerprint density at radius 2 is 0.552 bits per heavy atom. The second kappa shape index (κ2) is 14.1. The molecule has 0 aromatic rings. The van der Waals surface area contributed by atoms with Crippen molar-refractivity contribution in [1.29, 1.82) is 0 Å². The molecule has 0 aliphatic heterocycles. The highest BCUT2D eigenvalue weighted by molar-refractivity contribution is 14.1. The average molecular weight is 540 g/mol. The average Bonchev–Trinajstić information content (AvgIpc) is 2.49. The quantitative estimate of drug-likeness (QED) is 0.130. The van der Waals surface area contributed by atoms with Crippen molar-refractivity contribution in [2.75, 3.05) is 39.3 Å². The van der Waals surface area contributed by atoms with Gasteiger partial charge in [-0.05, 0) is 74.8 Å². The predicted octanol–water partition coefficient (Wildman–Crippen LogP) is 6.70. The summed E-state index contributed by atoms with van der Waals surface area (Å²) in [6.07, 6.45) is 0. The maximum atomic E-state index is 2.98. The fourth-order valence-electron chi connectivity index (χ4n) is 4.17. The molecule has 0 radical (unpaired) electrons. The lowest BCUT2D eigenvalue weighted by molar-refractivity contribution is 0.198. The summed E-state index contributed by atoms with van der Waals surface area (Å²) in [4.78, 5) is 0. The Morgan fingerprint density at radius 1 is 0.414 bits per heavy atom. The first-order chi connectivity index (χ1) is 13.2. The summed E-state index contributed by atoms with van der Waals surface area (Å²) in [5, 5.41) is 0. The highest BCUT2D eigenvalue weighted by Gasteiger charge is 2.50. The molecule has 0 bridgehead atoms. The molecule has 0 heterocycles. The van der Waals surface area contributed by atoms with Crippen LogP contribution in [0.5, 0.6) is 0 Å². The Balaban J connectivity index is 6.48. The molecule has 0 rings (SSSR count). The van der Waals surface area contributed by atoms with Crippen molar-refractivity contribution in [1.82, 2.24) is 13.7 Å². The van der Waals surface area contributed by atoms with Crippen LogP contribution in [0.4, 0.5) is 0 Å². The van der Waals surface area contributed by atoms with Crippen molar-refractivity contribution in [2.24, 2.45) is 35.5 Å². The van der Waals surface area contributed by atoms with Crippen LogP contribution in [0.3, 0.4) is 0 Å². The topological polar surface area (TPSA) is 9.72 Å². The van der Waals surface area contributed by atoms with Gasteiger partial charge in [-0.25, -0.2) is 0 Å². The van der Waals surface area contributed by atoms with Gasteiger partial charge >= 0.3 is 6.06 Å². The maximum Gasteiger partial charge on any atom is 0.359 e. The third-order valence-electron chi connectivity index (χ3n) is 4.72. The third kappa shape index (κ3) is 11.3. The van der Waals surface area contributed by atoms with Gasteiger partial charge in [0.25, 0.3) is 0 Å². The van der Waals surface area contributed by atoms with E-state index in [0.717, 1.165) is 0 Å². The van der Waals surface area contributed by atoms with Gasteiger partial charge in [0.15, 0.2) is 0 Å². The molecule has 0 N–H and O–H groups in total. The lowest BCUT2D eigenvalue weighted by Crippen LogP contribution is -2.74. The molecule has 0 aliphatic rings. The molecule has 5 heteroatoms. The third-order valence-corrected chi connectivity index (χ3v) is 14.4. The van der Waals surface area contributed by atoms with E-state index in [1.165, 1.54) is 39.3 Å². The van der Waals surface area contributed by atoms with Crippen LogP contribution in [0.1, 0.15) is 83.1 Å². The number of hydrogen-bond acceptors (Lipinski definition) is 3. The second-order valence-corrected chi connectivity index (χ2v) is 19.0. The highest BCUT2D eigenvalue weighted by Crippen LogP contribution is 2.32. The minimum Gasteiger partial charge on any atom is -0.291 e. The van der Waals surface area contributed by atoms with E-state index in [1.54, 1.807) is 0 Å². The molecular weight excluding hydrogens is 485 g/mol. The van der Waals surface area contributed by atoms with Gasteiger partial charge in [0.05, 0.1) is 0 Å². The van der Waals surface area contributed by atoms with Gasteiger partial charge in [-0.3, -0.25) is 13.7 Å². The van der Waals surface area contributed by atoms with E-state index >= 15 is 0 Å². The summed E-state index contributed by atoms with van der Waals surface area (Å²) in [6, 6.07) is -2.04. The Bertz CT molecular complexity index is 335. The Kier molecular flexibility index (Phi) is 14.5. The summed E-state index contributed by atoms with van der Waals surface area (Å²) in [5.74, 6) is 4.14. The highest BCUT2D eigenvalue weighted by atomic mass is 127. The Labute approximate surface area is 198 Å². The van der Waals surface area contributed by atoms with Gasteiger partial charge in [-0.2, -0.15) is 0 Å². The molecule has 0 unspecified atom stereocenters. The molecule has 176 valence electrons. The van der Waals surface area contributed by atoms with E-state index in [-0.39, 0.29) is 0 Å². The van der Waals surface area contributed by atoms with Crippen molar-refractivity contribution < 1.29 is 0 Å². The number of hydrogen-bond donors (Lipinski definition) is 0. The number of halogens is 1. The minimum absolute atomic E-state index is 0.690. The molecule has 0 fully saturated rings. The summed E-state index contributed by atoms with van der Waals surface area (Å²) < 4.78 is 8.83. The molecule has 0 amide bonds. The lowest BCUT2D eigenvalue weighted by atomic mass is 10.2. The van der Waals surface area contributed by atoms with Gasteiger partial charge in [-0.15, -0.1) is 0 Å². The first kappa shape index (κ1) is 29.8. The number of rotatable bonds is 15. The fraction of sp³-hybridized carbons (Fsp3) is 1.00. The van der Waals surface area contributed by atoms with Crippen molar-refractivity contribution in [3.8, 4) is 0 Å². The fourth-order valence-corrected chi connectivity index (χ4v) is 12.5. The van der Waals surface area contributed by atoms with Crippen molar-refractivity contribution in [3.05, 3.63) is 0 Å². The van der Waals surface area contributed by atoms with E-state index < -0.39 is 6.06 Å². The van der Waals surface area contributed by atoms with Crippen LogP contribution >= 0.6 is 21.8 Å². The van der Waals surface area contributed by atoms with E-state index in [4.69, 9.17) is 0 Å². The summed E-state index contributed by atoms with van der Waals surface area (Å²) in [5.41, 5.74) is 0. The SMILES string of the molecule is CC(C)CN(CC(C)C)[Si](I)(N(CC(C)C)CC(C)C)N(CC(C)C)CC(C)C. The zero-order valence-corrected chi connectivity index (χ0v) is 25.1. The standard InChI is InChI=1S/C24H54IN3Si/c1-19(2)13-26(14-20(3)4)29(25,27(15-21(5)6)16-22(7)8)28(17-23(9)10)18-24(11)12/h19-24H,13-18H2,1-12H3. The molecule has 3 nitrogen and oxygen atoms in total. The molecule has 0 spiro atoms. The van der Waals surface area contributed by atoms with Gasteiger partial charge in [0.1, 0.15) is 0 Å². The van der Waals surface area contributed by atoms with Gasteiger partial charge in [-0.1, -0.05) is 105 Å². The lowest BCUT2D eigenvalue weighted by Gasteiger charge is -2.53. The zero-order valence-electron chi connectivity index (χ0n) is 21.9. The molecule has 0 aromatic heterocycles. The minimum atomic E-state index is -2.04. The molecule has 0 saturated heterocycles. The Morgan fingerprint density at radius 3 is 0.655 bits per heavy atom. The molecule has 0 aliphatic carbocycles. The number of nitrogens with zero attached hydrogens (tertiary/aromatic N) is 3. The monoisotopic (exact) mass is 539 g/mol. The van der Waals surface area contributed by atoms with Crippen molar-refractivity contribution in [2.45, 2.75) is 83.1 Å². The van der Waals surface area contributed by atoms with Crippen LogP contribution in [0.15, 0.2) is 0 Å². The summed E-state index contributed by atoms with van der Waals surface area (Å²) >= 11 is 2.98. The largest absolute Gasteiger partial charge is 0.359 e. The molecule has 0 saturated carbocycles. The zero-order chi connectivity index (χ0) is 22.9. The van der Waals surface area contributed by atoms with Crippen LogP contribution < -0.4 is 0 Å². The summed E-state index contributed by atoms with van der Waals surface area (Å²) in [7, 11) is 0. The van der Waals surface area contributed by atoms with Crippen molar-refractivity contribution >= 4 is 27.9 Å². The van der Waals surface area contributed by atoms with Gasteiger partial charge in [0, 0.05) is 0 Å². The smallest absolute Gasteiger partial charge is 0.291 e. The van der Waals surface area contributed by atoms with Crippen LogP contribution in [-0.2, 0) is 0 Å². The van der Waals surface area contributed by atoms with Crippen LogP contribution in [0, 0.1) is 35.5 Å². The summed E-state index contributed by atoms with van der Waals surface area (Å²) in [6.45, 7) is 35.9. The second-order valence-electron chi connectivity index (χ2n) is 11.6. The van der Waals surface area contributed by atoms with Gasteiger partial charge in [0.2, 0.25) is 0 Å². The van der Waals surface area contributed by atoms with Crippen molar-refractivity contribution in [3.63, 3.8) is 0 Å². The molecule has 0 aromatic carbocycles. The molecule has 29 heavy (non-hydrogen) atoms. The predicted molar refractivity (Wildman–Crippen MR) is 144 cm³/mol. The van der Waals surface area contributed by atoms with Gasteiger partial charge < -0.3 is 0 Å².